The minimum Gasteiger partial charge on any atom is -0.338 e. The van der Waals surface area contributed by atoms with Gasteiger partial charge in [0.1, 0.15) is 0 Å². The summed E-state index contributed by atoms with van der Waals surface area (Å²) in [5, 5.41) is 7.07. The third-order valence-electron chi connectivity index (χ3n) is 2.92. The third-order valence-corrected chi connectivity index (χ3v) is 4.87. The number of nitrogens with one attached hydrogen (secondary N) is 1. The largest absolute Gasteiger partial charge is 0.338 e. The topological polar surface area (TPSA) is 32.3 Å². The molecule has 0 saturated carbocycles. The zero-order valence-electron chi connectivity index (χ0n) is 11.2. The van der Waals surface area contributed by atoms with Crippen molar-refractivity contribution < 1.29 is 4.79 Å². The van der Waals surface area contributed by atoms with E-state index in [1.165, 1.54) is 15.3 Å². The first-order valence-electron chi connectivity index (χ1n) is 6.21. The molecule has 0 aliphatic heterocycles. The number of hydrogen-bond donors (Lipinski definition) is 1. The van der Waals surface area contributed by atoms with E-state index in [0.29, 0.717) is 13.1 Å². The summed E-state index contributed by atoms with van der Waals surface area (Å²) in [4.78, 5) is 16.2. The minimum absolute atomic E-state index is 0.00986. The Morgan fingerprint density at radius 3 is 2.79 bits per heavy atom. The summed E-state index contributed by atoms with van der Waals surface area (Å²) in [5.74, 6) is 0. The van der Waals surface area contributed by atoms with E-state index >= 15 is 0 Å². The van der Waals surface area contributed by atoms with E-state index in [1.54, 1.807) is 27.6 Å². The molecule has 2 aromatic heterocycles. The Balaban J connectivity index is 1.75. The Morgan fingerprint density at radius 1 is 1.32 bits per heavy atom. The molecular formula is C14H18N2OS2. The normalized spacial score (nSPS) is 10.4. The maximum absolute atomic E-state index is 11.9. The zero-order chi connectivity index (χ0) is 13.7. The molecule has 0 aliphatic carbocycles. The highest BCUT2D eigenvalue weighted by atomic mass is 32.1. The highest BCUT2D eigenvalue weighted by Crippen LogP contribution is 2.17. The first-order valence-corrected chi connectivity index (χ1v) is 7.97. The fourth-order valence-electron chi connectivity index (χ4n) is 1.74. The third kappa shape index (κ3) is 4.08. The van der Waals surface area contributed by atoms with E-state index in [-0.39, 0.29) is 6.03 Å². The molecule has 2 rings (SSSR count). The Morgan fingerprint density at radius 2 is 2.16 bits per heavy atom. The monoisotopic (exact) mass is 294 g/mol. The van der Waals surface area contributed by atoms with Crippen molar-refractivity contribution in [2.24, 2.45) is 0 Å². The second kappa shape index (κ2) is 6.73. The van der Waals surface area contributed by atoms with Crippen LogP contribution in [0.1, 0.15) is 15.3 Å². The number of carbonyl (C=O) groups is 1. The lowest BCUT2D eigenvalue weighted by Crippen LogP contribution is -2.37. The van der Waals surface area contributed by atoms with E-state index in [9.17, 15) is 4.79 Å². The number of rotatable bonds is 5. The van der Waals surface area contributed by atoms with Gasteiger partial charge in [-0.3, -0.25) is 0 Å². The van der Waals surface area contributed by atoms with Gasteiger partial charge in [0.2, 0.25) is 0 Å². The van der Waals surface area contributed by atoms with Crippen LogP contribution in [-0.2, 0) is 13.0 Å². The molecule has 3 nitrogen and oxygen atoms in total. The molecule has 0 aliphatic rings. The van der Waals surface area contributed by atoms with Crippen molar-refractivity contribution in [2.75, 3.05) is 13.6 Å². The number of urea groups is 1. The molecule has 19 heavy (non-hydrogen) atoms. The first-order chi connectivity index (χ1) is 9.16. The Kier molecular flexibility index (Phi) is 4.99. The van der Waals surface area contributed by atoms with Crippen LogP contribution in [0.4, 0.5) is 4.79 Å². The van der Waals surface area contributed by atoms with Crippen molar-refractivity contribution >= 4 is 28.7 Å². The van der Waals surface area contributed by atoms with Crippen LogP contribution < -0.4 is 5.32 Å². The Hall–Kier alpha value is -1.33. The summed E-state index contributed by atoms with van der Waals surface area (Å²) in [5.41, 5.74) is 1.25. The molecule has 0 atom stereocenters. The Labute approximate surface area is 121 Å². The van der Waals surface area contributed by atoms with Crippen LogP contribution in [0.25, 0.3) is 0 Å². The fraction of sp³-hybridized carbons (Fsp3) is 0.357. The molecule has 102 valence electrons. The maximum Gasteiger partial charge on any atom is 0.317 e. The lowest BCUT2D eigenvalue weighted by atomic mass is 10.3. The molecule has 2 aromatic rings. The van der Waals surface area contributed by atoms with Gasteiger partial charge in [-0.05, 0) is 41.8 Å². The van der Waals surface area contributed by atoms with Gasteiger partial charge in [-0.25, -0.2) is 4.79 Å². The van der Waals surface area contributed by atoms with Gasteiger partial charge < -0.3 is 10.2 Å². The van der Waals surface area contributed by atoms with Gasteiger partial charge in [0.05, 0.1) is 6.54 Å². The van der Waals surface area contributed by atoms with Crippen LogP contribution in [0.2, 0.25) is 0 Å². The summed E-state index contributed by atoms with van der Waals surface area (Å²) >= 11 is 3.42. The fourth-order valence-corrected chi connectivity index (χ4v) is 3.40. The molecule has 0 fully saturated rings. The number of thiophene rings is 2. The van der Waals surface area contributed by atoms with Crippen molar-refractivity contribution in [1.29, 1.82) is 0 Å². The predicted molar refractivity (Wildman–Crippen MR) is 81.9 cm³/mol. The molecule has 0 bridgehead atoms. The lowest BCUT2D eigenvalue weighted by Gasteiger charge is -2.17. The highest BCUT2D eigenvalue weighted by Gasteiger charge is 2.10. The maximum atomic E-state index is 11.9. The summed E-state index contributed by atoms with van der Waals surface area (Å²) in [6.07, 6.45) is 0.898. The van der Waals surface area contributed by atoms with Gasteiger partial charge in [-0.15, -0.1) is 22.7 Å². The van der Waals surface area contributed by atoms with E-state index in [2.05, 4.69) is 35.1 Å². The SMILES string of the molecule is Cc1ccsc1CN(C)C(=O)NCCc1cccs1. The van der Waals surface area contributed by atoms with Gasteiger partial charge in [0.15, 0.2) is 0 Å². The second-order valence-corrected chi connectivity index (χ2v) is 6.48. The smallest absolute Gasteiger partial charge is 0.317 e. The number of carbonyl (C=O) groups excluding carboxylic acids is 1. The number of nitrogens with zero attached hydrogens (tertiary/aromatic N) is 1. The molecule has 0 aromatic carbocycles. The lowest BCUT2D eigenvalue weighted by molar-refractivity contribution is 0.207. The summed E-state index contributed by atoms with van der Waals surface area (Å²) in [6, 6.07) is 6.20. The molecule has 0 spiro atoms. The van der Waals surface area contributed by atoms with Crippen LogP contribution in [-0.4, -0.2) is 24.5 Å². The van der Waals surface area contributed by atoms with Gasteiger partial charge in [0, 0.05) is 23.3 Å². The van der Waals surface area contributed by atoms with Crippen molar-refractivity contribution in [1.82, 2.24) is 10.2 Å². The van der Waals surface area contributed by atoms with Gasteiger partial charge >= 0.3 is 6.03 Å². The van der Waals surface area contributed by atoms with Crippen LogP contribution in [0.3, 0.4) is 0 Å². The molecule has 5 heteroatoms. The number of amides is 2. The van der Waals surface area contributed by atoms with Crippen molar-refractivity contribution in [3.05, 3.63) is 44.3 Å². The van der Waals surface area contributed by atoms with Crippen LogP contribution >= 0.6 is 22.7 Å². The summed E-state index contributed by atoms with van der Waals surface area (Å²) < 4.78 is 0. The van der Waals surface area contributed by atoms with Crippen LogP contribution in [0.15, 0.2) is 29.0 Å². The average Bonchev–Trinajstić information content (AvgIpc) is 3.02. The summed E-state index contributed by atoms with van der Waals surface area (Å²) in [6.45, 7) is 3.44. The number of aryl methyl sites for hydroxylation is 1. The highest BCUT2D eigenvalue weighted by molar-refractivity contribution is 7.10. The van der Waals surface area contributed by atoms with Crippen LogP contribution in [0, 0.1) is 6.92 Å². The second-order valence-electron chi connectivity index (χ2n) is 4.44. The van der Waals surface area contributed by atoms with Gasteiger partial charge in [-0.2, -0.15) is 0 Å². The quantitative estimate of drug-likeness (QED) is 0.899. The molecule has 1 N–H and O–H groups in total. The molecular weight excluding hydrogens is 276 g/mol. The Bertz CT molecular complexity index is 519. The molecule has 2 amide bonds. The van der Waals surface area contributed by atoms with E-state index in [0.717, 1.165) is 6.42 Å². The molecule has 0 saturated heterocycles. The van der Waals surface area contributed by atoms with Crippen molar-refractivity contribution in [2.45, 2.75) is 19.9 Å². The van der Waals surface area contributed by atoms with Crippen LogP contribution in [0.5, 0.6) is 0 Å². The van der Waals surface area contributed by atoms with Gasteiger partial charge in [-0.1, -0.05) is 6.07 Å². The molecule has 2 heterocycles. The minimum atomic E-state index is -0.00986. The first kappa shape index (κ1) is 14.1. The van der Waals surface area contributed by atoms with Gasteiger partial charge in [0.25, 0.3) is 0 Å². The van der Waals surface area contributed by atoms with Crippen molar-refractivity contribution in [3.8, 4) is 0 Å². The van der Waals surface area contributed by atoms with Crippen molar-refractivity contribution in [3.63, 3.8) is 0 Å². The zero-order valence-corrected chi connectivity index (χ0v) is 12.8. The molecule has 0 radical (unpaired) electrons. The molecule has 0 unspecified atom stereocenters. The van der Waals surface area contributed by atoms with E-state index in [1.807, 2.05) is 13.1 Å². The predicted octanol–water partition coefficient (Wildman–Crippen LogP) is 3.50. The van der Waals surface area contributed by atoms with E-state index < -0.39 is 0 Å². The summed E-state index contributed by atoms with van der Waals surface area (Å²) in [7, 11) is 1.83. The standard InChI is InChI=1S/C14H18N2OS2/c1-11-6-9-19-13(11)10-16(2)14(17)15-7-5-12-4-3-8-18-12/h3-4,6,8-9H,5,7,10H2,1-2H3,(H,15,17). The van der Waals surface area contributed by atoms with E-state index in [4.69, 9.17) is 0 Å². The number of hydrogen-bond acceptors (Lipinski definition) is 3. The average molecular weight is 294 g/mol.